The van der Waals surface area contributed by atoms with Gasteiger partial charge in [0.05, 0.1) is 44.9 Å². The molecule has 1 rings (SSSR count). The predicted octanol–water partition coefficient (Wildman–Crippen LogP) is 2.64. The number of rotatable bonds is 16. The highest BCUT2D eigenvalue weighted by molar-refractivity contribution is 9.10. The molecule has 0 spiro atoms. The Bertz CT molecular complexity index is 995. The molecule has 0 radical (unpaired) electrons. The maximum absolute atomic E-state index is 12.9. The number of nitrogens with zero attached hydrogens (tertiary/aromatic N) is 3. The van der Waals surface area contributed by atoms with Crippen LogP contribution >= 0.6 is 15.9 Å². The average Bonchev–Trinajstić information content (AvgIpc) is 2.84. The van der Waals surface area contributed by atoms with Gasteiger partial charge in [0.1, 0.15) is 22.6 Å². The minimum atomic E-state index is -0.666. The minimum absolute atomic E-state index is 0.0506. The first-order valence-electron chi connectivity index (χ1n) is 11.9. The Balaban J connectivity index is 3.00. The second-order valence-electron chi connectivity index (χ2n) is 8.94. The van der Waals surface area contributed by atoms with Gasteiger partial charge in [-0.15, -0.1) is 0 Å². The van der Waals surface area contributed by atoms with Gasteiger partial charge in [0.15, 0.2) is 11.5 Å². The smallest absolute Gasteiger partial charge is 0.410 e. The molecule has 4 N–H and O–H groups in total. The third-order valence-corrected chi connectivity index (χ3v) is 4.86. The van der Waals surface area contributed by atoms with Crippen LogP contribution in [0.15, 0.2) is 47.1 Å². The number of carbonyl (C=O) groups excluding carboxylic acids is 2. The number of nitrogens with two attached hydrogens (primary N) is 1. The van der Waals surface area contributed by atoms with E-state index < -0.39 is 17.6 Å². The number of nitrogens with one attached hydrogen (secondary N) is 2. The van der Waals surface area contributed by atoms with E-state index in [1.807, 2.05) is 7.05 Å². The summed E-state index contributed by atoms with van der Waals surface area (Å²) in [5, 5.41) is 5.68. The Morgan fingerprint density at radius 1 is 1.18 bits per heavy atom. The van der Waals surface area contributed by atoms with Gasteiger partial charge in [-0.2, -0.15) is 0 Å². The number of aromatic nitrogens is 2. The summed E-state index contributed by atoms with van der Waals surface area (Å²) in [5.74, 6) is -0.472. The number of carbonyl (C=O) groups is 2. The van der Waals surface area contributed by atoms with Crippen molar-refractivity contribution in [2.45, 2.75) is 26.4 Å². The Morgan fingerprint density at radius 3 is 2.42 bits per heavy atom. The van der Waals surface area contributed by atoms with Crippen molar-refractivity contribution in [3.63, 3.8) is 0 Å². The van der Waals surface area contributed by atoms with Gasteiger partial charge in [-0.1, -0.05) is 13.2 Å². The quantitative estimate of drug-likeness (QED) is 0.147. The molecule has 0 bridgehead atoms. The summed E-state index contributed by atoms with van der Waals surface area (Å²) < 4.78 is 22.6. The zero-order chi connectivity index (χ0) is 28.7. The van der Waals surface area contributed by atoms with Crippen LogP contribution in [-0.4, -0.2) is 92.7 Å². The molecule has 0 aliphatic carbocycles. The summed E-state index contributed by atoms with van der Waals surface area (Å²) in [6, 6.07) is 0. The van der Waals surface area contributed by atoms with Crippen molar-refractivity contribution < 1.29 is 28.5 Å². The molecule has 0 aromatic carbocycles. The van der Waals surface area contributed by atoms with Gasteiger partial charge in [-0.05, 0) is 49.8 Å². The van der Waals surface area contributed by atoms with E-state index in [0.717, 1.165) is 6.54 Å². The minimum Gasteiger partial charge on any atom is -0.489 e. The molecule has 13 heteroatoms. The molecule has 12 nitrogen and oxygen atoms in total. The zero-order valence-corrected chi connectivity index (χ0v) is 24.4. The average molecular weight is 600 g/mol. The van der Waals surface area contributed by atoms with Gasteiger partial charge in [-0.3, -0.25) is 4.79 Å². The third-order valence-electron chi connectivity index (χ3n) is 4.48. The third kappa shape index (κ3) is 12.5. The van der Waals surface area contributed by atoms with Gasteiger partial charge in [0.2, 0.25) is 0 Å². The van der Waals surface area contributed by atoms with E-state index in [2.05, 4.69) is 49.7 Å². The summed E-state index contributed by atoms with van der Waals surface area (Å²) in [7, 11) is 3.42. The topological polar surface area (TPSA) is 150 Å². The first-order chi connectivity index (χ1) is 17.9. The van der Waals surface area contributed by atoms with E-state index in [1.165, 1.54) is 17.2 Å². The van der Waals surface area contributed by atoms with Crippen molar-refractivity contribution in [2.24, 2.45) is 0 Å². The van der Waals surface area contributed by atoms with Gasteiger partial charge in [-0.25, -0.2) is 14.8 Å². The first-order valence-corrected chi connectivity index (χ1v) is 12.7. The Morgan fingerprint density at radius 2 is 1.82 bits per heavy atom. The lowest BCUT2D eigenvalue weighted by atomic mass is 10.1. The van der Waals surface area contributed by atoms with Gasteiger partial charge in [0, 0.05) is 19.2 Å². The molecule has 1 aromatic rings. The fraction of sp³-hybridized carbons (Fsp3) is 0.520. The summed E-state index contributed by atoms with van der Waals surface area (Å²) in [6.07, 6.45) is 2.23. The number of halogens is 1. The molecule has 212 valence electrons. The highest BCUT2D eigenvalue weighted by Crippen LogP contribution is 2.19. The van der Waals surface area contributed by atoms with E-state index in [-0.39, 0.29) is 42.7 Å². The SMILES string of the molecule is C=C/C(NC(=O)c1nc(Br)cnc1N)=C(/OCCOCCOCCNC)C(=C)CN(C)C(=O)OC(C)(C)C. The number of likely N-dealkylation sites (N-methyl/N-ethyl adjacent to an activating group) is 2. The molecule has 0 fully saturated rings. The summed E-state index contributed by atoms with van der Waals surface area (Å²) in [5.41, 5.74) is 5.66. The molecule has 0 atom stereocenters. The maximum Gasteiger partial charge on any atom is 0.410 e. The van der Waals surface area contributed by atoms with Crippen LogP contribution in [0, 0.1) is 0 Å². The lowest BCUT2D eigenvalue weighted by Gasteiger charge is -2.26. The van der Waals surface area contributed by atoms with E-state index in [4.69, 9.17) is 24.7 Å². The number of allylic oxidation sites excluding steroid dienone is 1. The number of ether oxygens (including phenoxy) is 4. The number of nitrogen functional groups attached to an aromatic ring is 1. The molecular formula is C25H39BrN6O6. The molecule has 0 unspecified atom stereocenters. The van der Waals surface area contributed by atoms with Crippen LogP contribution in [0.1, 0.15) is 31.3 Å². The fourth-order valence-corrected chi connectivity index (χ4v) is 3.04. The van der Waals surface area contributed by atoms with Crippen molar-refractivity contribution >= 4 is 33.7 Å². The van der Waals surface area contributed by atoms with E-state index in [1.54, 1.807) is 27.8 Å². The van der Waals surface area contributed by atoms with Gasteiger partial charge in [0.25, 0.3) is 5.91 Å². The molecular weight excluding hydrogens is 560 g/mol. The fourth-order valence-electron chi connectivity index (χ4n) is 2.76. The lowest BCUT2D eigenvalue weighted by molar-refractivity contribution is 0.0266. The Hall–Kier alpha value is -3.00. The molecule has 0 aliphatic heterocycles. The summed E-state index contributed by atoms with van der Waals surface area (Å²) >= 11 is 3.18. The highest BCUT2D eigenvalue weighted by atomic mass is 79.9. The molecule has 2 amide bonds. The number of hydrogen-bond donors (Lipinski definition) is 3. The first kappa shape index (κ1) is 33.0. The Kier molecular flexibility index (Phi) is 14.6. The maximum atomic E-state index is 12.9. The number of hydrogen-bond acceptors (Lipinski definition) is 10. The van der Waals surface area contributed by atoms with Crippen molar-refractivity contribution in [2.75, 3.05) is 66.0 Å². The molecule has 1 aromatic heterocycles. The second kappa shape index (κ2) is 16.8. The molecule has 0 aliphatic rings. The zero-order valence-electron chi connectivity index (χ0n) is 22.8. The van der Waals surface area contributed by atoms with Crippen molar-refractivity contribution in [3.8, 4) is 0 Å². The highest BCUT2D eigenvalue weighted by Gasteiger charge is 2.23. The summed E-state index contributed by atoms with van der Waals surface area (Å²) in [6.45, 7) is 15.8. The number of anilines is 1. The normalized spacial score (nSPS) is 11.8. The standard InChI is InChI=1S/C25H39BrN6O6/c1-8-18(30-23(33)20-22(27)29-15-19(26)31-20)21(37-14-13-36-12-11-35-10-9-28-6)17(2)16-32(7)24(34)38-25(3,4)5/h8,15,28H,1-2,9-14,16H2,3-7H3,(H2,27,29)(H,30,33)/b21-18-. The Labute approximate surface area is 232 Å². The predicted molar refractivity (Wildman–Crippen MR) is 148 cm³/mol. The number of amides is 2. The molecule has 1 heterocycles. The molecule has 38 heavy (non-hydrogen) atoms. The monoisotopic (exact) mass is 598 g/mol. The van der Waals surface area contributed by atoms with E-state index in [9.17, 15) is 9.59 Å². The van der Waals surface area contributed by atoms with Crippen molar-refractivity contribution in [1.29, 1.82) is 0 Å². The van der Waals surface area contributed by atoms with E-state index >= 15 is 0 Å². The lowest BCUT2D eigenvalue weighted by Crippen LogP contribution is -2.36. The van der Waals surface area contributed by atoms with Crippen LogP contribution in [-0.2, 0) is 18.9 Å². The van der Waals surface area contributed by atoms with Crippen LogP contribution in [0.25, 0.3) is 0 Å². The van der Waals surface area contributed by atoms with Crippen molar-refractivity contribution in [1.82, 2.24) is 25.5 Å². The molecule has 0 saturated carbocycles. The molecule has 0 saturated heterocycles. The van der Waals surface area contributed by atoms with Gasteiger partial charge >= 0.3 is 6.09 Å². The van der Waals surface area contributed by atoms with E-state index in [0.29, 0.717) is 30.0 Å². The van der Waals surface area contributed by atoms with Crippen LogP contribution < -0.4 is 16.4 Å². The van der Waals surface area contributed by atoms with Gasteiger partial charge < -0.3 is 40.2 Å². The van der Waals surface area contributed by atoms with Crippen LogP contribution in [0.2, 0.25) is 0 Å². The summed E-state index contributed by atoms with van der Waals surface area (Å²) in [4.78, 5) is 34.7. The van der Waals surface area contributed by atoms with Crippen molar-refractivity contribution in [3.05, 3.63) is 52.8 Å². The van der Waals surface area contributed by atoms with Crippen LogP contribution in [0.4, 0.5) is 10.6 Å². The second-order valence-corrected chi connectivity index (χ2v) is 9.76. The van der Waals surface area contributed by atoms with Crippen LogP contribution in [0.5, 0.6) is 0 Å². The van der Waals surface area contributed by atoms with Crippen LogP contribution in [0.3, 0.4) is 0 Å². The largest absolute Gasteiger partial charge is 0.489 e.